The molecule has 0 bridgehead atoms. The van der Waals surface area contributed by atoms with Crippen LogP contribution in [0.25, 0.3) is 0 Å². The number of pyridine rings is 1. The molecule has 1 aromatic heterocycles. The van der Waals surface area contributed by atoms with Crippen LogP contribution in [0.15, 0.2) is 24.4 Å². The molecule has 1 aromatic carbocycles. The van der Waals surface area contributed by atoms with Gasteiger partial charge in [-0.3, -0.25) is 0 Å². The van der Waals surface area contributed by atoms with Crippen molar-refractivity contribution in [2.75, 3.05) is 6.61 Å². The number of ether oxygens (including phenoxy) is 1. The van der Waals surface area contributed by atoms with Crippen molar-refractivity contribution in [3.63, 3.8) is 0 Å². The van der Waals surface area contributed by atoms with Crippen LogP contribution in [0, 0.1) is 30.1 Å². The fourth-order valence-corrected chi connectivity index (χ4v) is 2.68. The van der Waals surface area contributed by atoms with Crippen molar-refractivity contribution in [3.05, 3.63) is 62.9 Å². The molecule has 1 heterocycles. The highest BCUT2D eigenvalue weighted by Gasteiger charge is 2.15. The third kappa shape index (κ3) is 4.18. The molecule has 25 heavy (non-hydrogen) atoms. The first-order valence-electron chi connectivity index (χ1n) is 7.89. The fraction of sp³-hybridized carbons (Fsp3) is 0.250. The lowest BCUT2D eigenvalue weighted by Gasteiger charge is -2.11. The highest BCUT2D eigenvalue weighted by atomic mass is 35.5. The SMILES string of the molecule is CCOC(=O)c1ccc(C#Cc2cnc(C#N)c(Cl)c2)c(C)c1CC. The summed E-state index contributed by atoms with van der Waals surface area (Å²) in [5.41, 5.74) is 4.08. The summed E-state index contributed by atoms with van der Waals surface area (Å²) < 4.78 is 5.11. The molecule has 0 atom stereocenters. The van der Waals surface area contributed by atoms with E-state index in [-0.39, 0.29) is 16.7 Å². The lowest BCUT2D eigenvalue weighted by molar-refractivity contribution is 0.0525. The second-order valence-electron chi connectivity index (χ2n) is 5.25. The zero-order chi connectivity index (χ0) is 18.4. The molecule has 0 N–H and O–H groups in total. The Morgan fingerprint density at radius 2 is 2.08 bits per heavy atom. The van der Waals surface area contributed by atoms with Gasteiger partial charge in [-0.25, -0.2) is 9.78 Å². The molecule has 0 aliphatic rings. The van der Waals surface area contributed by atoms with Crippen LogP contribution in [0.2, 0.25) is 5.02 Å². The number of aromatic nitrogens is 1. The van der Waals surface area contributed by atoms with Crippen molar-refractivity contribution in [2.24, 2.45) is 0 Å². The van der Waals surface area contributed by atoms with Crippen LogP contribution in [0.4, 0.5) is 0 Å². The zero-order valence-electron chi connectivity index (χ0n) is 14.3. The number of esters is 1. The fourth-order valence-electron chi connectivity index (χ4n) is 2.48. The number of carbonyl (C=O) groups is 1. The molecule has 0 aliphatic heterocycles. The second-order valence-corrected chi connectivity index (χ2v) is 5.66. The van der Waals surface area contributed by atoms with Crippen molar-refractivity contribution >= 4 is 17.6 Å². The maximum atomic E-state index is 12.1. The van der Waals surface area contributed by atoms with Crippen LogP contribution in [0.3, 0.4) is 0 Å². The lowest BCUT2D eigenvalue weighted by atomic mass is 9.95. The Bertz CT molecular complexity index is 918. The Labute approximate surface area is 152 Å². The number of nitriles is 1. The standard InChI is InChI=1S/C20H17ClN2O2/c1-4-16-13(3)15(8-9-17(16)20(24)25-5-2)7-6-14-10-18(21)19(11-22)23-12-14/h8-10,12H,4-5H2,1-3H3. The average Bonchev–Trinajstić information content (AvgIpc) is 2.60. The molecule has 0 unspecified atom stereocenters. The summed E-state index contributed by atoms with van der Waals surface area (Å²) >= 11 is 5.97. The lowest BCUT2D eigenvalue weighted by Crippen LogP contribution is -2.09. The summed E-state index contributed by atoms with van der Waals surface area (Å²) in [5.74, 6) is 5.76. The van der Waals surface area contributed by atoms with Gasteiger partial charge in [0.15, 0.2) is 5.69 Å². The van der Waals surface area contributed by atoms with Crippen LogP contribution in [-0.2, 0) is 11.2 Å². The monoisotopic (exact) mass is 352 g/mol. The van der Waals surface area contributed by atoms with E-state index >= 15 is 0 Å². The average molecular weight is 353 g/mol. The largest absolute Gasteiger partial charge is 0.462 e. The molecule has 2 aromatic rings. The van der Waals surface area contributed by atoms with E-state index in [1.807, 2.05) is 26.0 Å². The van der Waals surface area contributed by atoms with Crippen molar-refractivity contribution < 1.29 is 9.53 Å². The molecule has 0 saturated carbocycles. The van der Waals surface area contributed by atoms with Gasteiger partial charge in [-0.1, -0.05) is 30.4 Å². The van der Waals surface area contributed by atoms with E-state index in [4.69, 9.17) is 21.6 Å². The van der Waals surface area contributed by atoms with Gasteiger partial charge in [-0.05, 0) is 49.6 Å². The zero-order valence-corrected chi connectivity index (χ0v) is 15.1. The highest BCUT2D eigenvalue weighted by molar-refractivity contribution is 6.31. The first-order valence-corrected chi connectivity index (χ1v) is 8.26. The quantitative estimate of drug-likeness (QED) is 0.617. The Hall–Kier alpha value is -2.82. The van der Waals surface area contributed by atoms with Gasteiger partial charge in [0.1, 0.15) is 6.07 Å². The molecule has 0 spiro atoms. The Kier molecular flexibility index (Phi) is 6.17. The minimum Gasteiger partial charge on any atom is -0.462 e. The summed E-state index contributed by atoms with van der Waals surface area (Å²) in [6, 6.07) is 7.09. The molecule has 0 radical (unpaired) electrons. The number of halogens is 1. The normalized spacial score (nSPS) is 9.72. The van der Waals surface area contributed by atoms with Crippen LogP contribution >= 0.6 is 11.6 Å². The van der Waals surface area contributed by atoms with E-state index < -0.39 is 0 Å². The number of hydrogen-bond donors (Lipinski definition) is 0. The van der Waals surface area contributed by atoms with E-state index in [1.54, 1.807) is 19.1 Å². The van der Waals surface area contributed by atoms with Crippen molar-refractivity contribution in [1.82, 2.24) is 4.98 Å². The topological polar surface area (TPSA) is 63.0 Å². The van der Waals surface area contributed by atoms with Gasteiger partial charge in [-0.15, -0.1) is 0 Å². The van der Waals surface area contributed by atoms with Crippen molar-refractivity contribution in [3.8, 4) is 17.9 Å². The van der Waals surface area contributed by atoms with Gasteiger partial charge in [0.2, 0.25) is 0 Å². The number of hydrogen-bond acceptors (Lipinski definition) is 4. The second kappa shape index (κ2) is 8.33. The Morgan fingerprint density at radius 1 is 1.32 bits per heavy atom. The Morgan fingerprint density at radius 3 is 2.68 bits per heavy atom. The first-order chi connectivity index (χ1) is 12.0. The summed E-state index contributed by atoms with van der Waals surface area (Å²) in [4.78, 5) is 16.0. The summed E-state index contributed by atoms with van der Waals surface area (Å²) in [7, 11) is 0. The maximum absolute atomic E-state index is 12.1. The predicted molar refractivity (Wildman–Crippen MR) is 96.5 cm³/mol. The van der Waals surface area contributed by atoms with Gasteiger partial charge in [0, 0.05) is 17.3 Å². The van der Waals surface area contributed by atoms with Crippen molar-refractivity contribution in [2.45, 2.75) is 27.2 Å². The molecule has 0 saturated heterocycles. The molecule has 126 valence electrons. The van der Waals surface area contributed by atoms with Gasteiger partial charge in [0.05, 0.1) is 17.2 Å². The van der Waals surface area contributed by atoms with Crippen LogP contribution in [-0.4, -0.2) is 17.6 Å². The number of nitrogens with zero attached hydrogens (tertiary/aromatic N) is 2. The van der Waals surface area contributed by atoms with Crippen LogP contribution < -0.4 is 0 Å². The molecular formula is C20H17ClN2O2. The summed E-state index contributed by atoms with van der Waals surface area (Å²) in [6.45, 7) is 6.06. The van der Waals surface area contributed by atoms with E-state index in [0.29, 0.717) is 24.2 Å². The molecule has 0 aliphatic carbocycles. The van der Waals surface area contributed by atoms with Gasteiger partial charge < -0.3 is 4.74 Å². The molecule has 4 nitrogen and oxygen atoms in total. The van der Waals surface area contributed by atoms with Gasteiger partial charge >= 0.3 is 5.97 Å². The minimum atomic E-state index is -0.315. The molecular weight excluding hydrogens is 336 g/mol. The third-order valence-corrected chi connectivity index (χ3v) is 4.02. The van der Waals surface area contributed by atoms with E-state index in [2.05, 4.69) is 16.8 Å². The number of rotatable bonds is 3. The molecule has 0 fully saturated rings. The summed E-state index contributed by atoms with van der Waals surface area (Å²) in [5, 5.41) is 9.13. The van der Waals surface area contributed by atoms with E-state index in [1.165, 1.54) is 6.20 Å². The number of carbonyl (C=O) groups excluding carboxylic acids is 1. The van der Waals surface area contributed by atoms with Gasteiger partial charge in [-0.2, -0.15) is 5.26 Å². The van der Waals surface area contributed by atoms with E-state index in [0.717, 1.165) is 16.7 Å². The number of benzene rings is 1. The van der Waals surface area contributed by atoms with Crippen LogP contribution in [0.1, 0.15) is 52.2 Å². The van der Waals surface area contributed by atoms with Crippen molar-refractivity contribution in [1.29, 1.82) is 5.26 Å². The first kappa shape index (κ1) is 18.5. The molecule has 5 heteroatoms. The minimum absolute atomic E-state index is 0.176. The molecule has 2 rings (SSSR count). The van der Waals surface area contributed by atoms with E-state index in [9.17, 15) is 4.79 Å². The summed E-state index contributed by atoms with van der Waals surface area (Å²) in [6.07, 6.45) is 2.22. The van der Waals surface area contributed by atoms with Crippen LogP contribution in [0.5, 0.6) is 0 Å². The smallest absolute Gasteiger partial charge is 0.338 e. The maximum Gasteiger partial charge on any atom is 0.338 e. The Balaban J connectivity index is 2.41. The predicted octanol–water partition coefficient (Wildman–Crippen LogP) is 4.05. The molecule has 0 amide bonds. The third-order valence-electron chi connectivity index (χ3n) is 3.74. The highest BCUT2D eigenvalue weighted by Crippen LogP contribution is 2.20. The van der Waals surface area contributed by atoms with Gasteiger partial charge in [0.25, 0.3) is 0 Å².